The summed E-state index contributed by atoms with van der Waals surface area (Å²) in [6, 6.07) is 6.74. The van der Waals surface area contributed by atoms with Gasteiger partial charge in [-0.25, -0.2) is 0 Å². The van der Waals surface area contributed by atoms with Gasteiger partial charge in [-0.2, -0.15) is 0 Å². The molecule has 17 heavy (non-hydrogen) atoms. The van der Waals surface area contributed by atoms with Crippen molar-refractivity contribution >= 4 is 12.4 Å². The van der Waals surface area contributed by atoms with Gasteiger partial charge in [-0.1, -0.05) is 18.2 Å². The molecule has 0 amide bonds. The lowest BCUT2D eigenvalue weighted by molar-refractivity contribution is 0.0584. The first-order valence-corrected chi connectivity index (χ1v) is 6.09. The van der Waals surface area contributed by atoms with Crippen molar-refractivity contribution in [3.05, 3.63) is 34.9 Å². The lowest BCUT2D eigenvalue weighted by atomic mass is 9.87. The van der Waals surface area contributed by atoms with Crippen LogP contribution in [0.25, 0.3) is 0 Å². The maximum Gasteiger partial charge on any atom is 0.0469 e. The predicted molar refractivity (Wildman–Crippen MR) is 73.6 cm³/mol. The monoisotopic (exact) mass is 255 g/mol. The number of aryl methyl sites for hydroxylation is 2. The Morgan fingerprint density at radius 1 is 1.18 bits per heavy atom. The van der Waals surface area contributed by atoms with Crippen LogP contribution in [0.15, 0.2) is 18.2 Å². The van der Waals surface area contributed by atoms with Crippen LogP contribution in [0, 0.1) is 19.8 Å². The minimum absolute atomic E-state index is 0. The lowest BCUT2D eigenvalue weighted by Gasteiger charge is -2.28. The molecule has 0 spiro atoms. The van der Waals surface area contributed by atoms with Crippen molar-refractivity contribution in [1.29, 1.82) is 0 Å². The molecule has 1 saturated heterocycles. The first kappa shape index (κ1) is 14.5. The summed E-state index contributed by atoms with van der Waals surface area (Å²) in [6.45, 7) is 6.01. The Labute approximate surface area is 110 Å². The van der Waals surface area contributed by atoms with Crippen LogP contribution in [0.1, 0.15) is 35.6 Å². The highest BCUT2D eigenvalue weighted by atomic mass is 35.5. The minimum Gasteiger partial charge on any atom is -0.381 e. The van der Waals surface area contributed by atoms with E-state index in [4.69, 9.17) is 10.5 Å². The average Bonchev–Trinajstić information content (AvgIpc) is 2.33. The van der Waals surface area contributed by atoms with E-state index in [2.05, 4.69) is 32.0 Å². The fourth-order valence-electron chi connectivity index (χ4n) is 2.32. The van der Waals surface area contributed by atoms with Crippen molar-refractivity contribution in [1.82, 2.24) is 0 Å². The second kappa shape index (κ2) is 6.39. The molecule has 1 heterocycles. The zero-order chi connectivity index (χ0) is 11.5. The number of hydrogen-bond acceptors (Lipinski definition) is 2. The molecule has 1 aromatic rings. The fraction of sp³-hybridized carbons (Fsp3) is 0.571. The van der Waals surface area contributed by atoms with Gasteiger partial charge in [-0.05, 0) is 49.3 Å². The molecule has 0 bridgehead atoms. The van der Waals surface area contributed by atoms with Gasteiger partial charge in [0.15, 0.2) is 0 Å². The van der Waals surface area contributed by atoms with E-state index in [-0.39, 0.29) is 18.4 Å². The van der Waals surface area contributed by atoms with Crippen molar-refractivity contribution in [2.45, 2.75) is 32.7 Å². The lowest BCUT2D eigenvalue weighted by Crippen LogP contribution is -2.27. The maximum absolute atomic E-state index is 6.33. The fourth-order valence-corrected chi connectivity index (χ4v) is 2.32. The van der Waals surface area contributed by atoms with Gasteiger partial charge in [0.1, 0.15) is 0 Å². The molecule has 0 saturated carbocycles. The molecule has 2 rings (SSSR count). The quantitative estimate of drug-likeness (QED) is 0.881. The second-order valence-corrected chi connectivity index (χ2v) is 4.82. The molecule has 1 aliphatic heterocycles. The molecule has 0 aromatic heterocycles. The van der Waals surface area contributed by atoms with Crippen molar-refractivity contribution in [3.63, 3.8) is 0 Å². The van der Waals surface area contributed by atoms with Crippen LogP contribution in [0.4, 0.5) is 0 Å². The van der Waals surface area contributed by atoms with Crippen LogP contribution >= 0.6 is 12.4 Å². The number of ether oxygens (including phenoxy) is 1. The van der Waals surface area contributed by atoms with Gasteiger partial charge in [0.05, 0.1) is 0 Å². The van der Waals surface area contributed by atoms with E-state index in [1.807, 2.05) is 0 Å². The average molecular weight is 256 g/mol. The highest BCUT2D eigenvalue weighted by Crippen LogP contribution is 2.28. The second-order valence-electron chi connectivity index (χ2n) is 4.82. The summed E-state index contributed by atoms with van der Waals surface area (Å²) in [7, 11) is 0. The number of rotatable bonds is 2. The summed E-state index contributed by atoms with van der Waals surface area (Å²) in [4.78, 5) is 0. The van der Waals surface area contributed by atoms with Crippen LogP contribution in [-0.2, 0) is 4.74 Å². The van der Waals surface area contributed by atoms with E-state index >= 15 is 0 Å². The third kappa shape index (κ3) is 3.44. The Kier molecular flexibility index (Phi) is 5.44. The van der Waals surface area contributed by atoms with Crippen molar-refractivity contribution in [2.24, 2.45) is 11.7 Å². The Balaban J connectivity index is 0.00000144. The first-order valence-electron chi connectivity index (χ1n) is 6.09. The molecule has 1 atom stereocenters. The summed E-state index contributed by atoms with van der Waals surface area (Å²) in [5.41, 5.74) is 10.3. The Morgan fingerprint density at radius 3 is 2.41 bits per heavy atom. The molecule has 1 fully saturated rings. The van der Waals surface area contributed by atoms with Crippen LogP contribution in [0.5, 0.6) is 0 Å². The number of benzene rings is 1. The van der Waals surface area contributed by atoms with E-state index in [0.29, 0.717) is 5.92 Å². The van der Waals surface area contributed by atoms with Gasteiger partial charge in [-0.15, -0.1) is 12.4 Å². The van der Waals surface area contributed by atoms with Gasteiger partial charge in [0.25, 0.3) is 0 Å². The molecule has 0 unspecified atom stereocenters. The first-order chi connectivity index (χ1) is 7.68. The largest absolute Gasteiger partial charge is 0.381 e. The Morgan fingerprint density at radius 2 is 1.82 bits per heavy atom. The van der Waals surface area contributed by atoms with Crippen molar-refractivity contribution < 1.29 is 4.74 Å². The standard InChI is InChI=1S/C14H21NO.ClH/c1-10-3-4-13(9-11(10)2)14(15)12-5-7-16-8-6-12;/h3-4,9,12,14H,5-8,15H2,1-2H3;1H/t14-;/m0./s1. The van der Waals surface area contributed by atoms with E-state index in [1.165, 1.54) is 16.7 Å². The van der Waals surface area contributed by atoms with Gasteiger partial charge in [0.2, 0.25) is 0 Å². The van der Waals surface area contributed by atoms with Gasteiger partial charge >= 0.3 is 0 Å². The van der Waals surface area contributed by atoms with Gasteiger partial charge in [-0.3, -0.25) is 0 Å². The smallest absolute Gasteiger partial charge is 0.0469 e. The van der Waals surface area contributed by atoms with Crippen LogP contribution in [-0.4, -0.2) is 13.2 Å². The van der Waals surface area contributed by atoms with E-state index < -0.39 is 0 Å². The molecule has 2 nitrogen and oxygen atoms in total. The maximum atomic E-state index is 6.33. The highest BCUT2D eigenvalue weighted by molar-refractivity contribution is 5.85. The van der Waals surface area contributed by atoms with Crippen molar-refractivity contribution in [3.8, 4) is 0 Å². The SMILES string of the molecule is Cc1ccc([C@@H](N)C2CCOCC2)cc1C.Cl. The summed E-state index contributed by atoms with van der Waals surface area (Å²) in [6.07, 6.45) is 2.18. The molecule has 0 aliphatic carbocycles. The molecule has 1 aromatic carbocycles. The normalized spacial score (nSPS) is 18.5. The molecule has 96 valence electrons. The number of halogens is 1. The zero-order valence-electron chi connectivity index (χ0n) is 10.6. The predicted octanol–water partition coefficient (Wildman–Crippen LogP) is 3.15. The third-order valence-corrected chi connectivity index (χ3v) is 3.69. The molecular formula is C14H22ClNO. The van der Waals surface area contributed by atoms with Crippen LogP contribution in [0.2, 0.25) is 0 Å². The Bertz CT molecular complexity index is 361. The highest BCUT2D eigenvalue weighted by Gasteiger charge is 2.22. The third-order valence-electron chi connectivity index (χ3n) is 3.69. The summed E-state index contributed by atoms with van der Waals surface area (Å²) < 4.78 is 5.37. The molecular weight excluding hydrogens is 234 g/mol. The van der Waals surface area contributed by atoms with E-state index in [1.54, 1.807) is 0 Å². The minimum atomic E-state index is 0. The van der Waals surface area contributed by atoms with Crippen molar-refractivity contribution in [2.75, 3.05) is 13.2 Å². The van der Waals surface area contributed by atoms with Gasteiger partial charge < -0.3 is 10.5 Å². The number of hydrogen-bond donors (Lipinski definition) is 1. The Hall–Kier alpha value is -0.570. The molecule has 2 N–H and O–H groups in total. The molecule has 3 heteroatoms. The summed E-state index contributed by atoms with van der Waals surface area (Å²) in [5, 5.41) is 0. The summed E-state index contributed by atoms with van der Waals surface area (Å²) >= 11 is 0. The van der Waals surface area contributed by atoms with Crippen LogP contribution < -0.4 is 5.73 Å². The number of nitrogens with two attached hydrogens (primary N) is 1. The molecule has 1 aliphatic rings. The van der Waals surface area contributed by atoms with E-state index in [9.17, 15) is 0 Å². The zero-order valence-corrected chi connectivity index (χ0v) is 11.4. The van der Waals surface area contributed by atoms with E-state index in [0.717, 1.165) is 26.1 Å². The summed E-state index contributed by atoms with van der Waals surface area (Å²) in [5.74, 6) is 0.579. The topological polar surface area (TPSA) is 35.2 Å². The van der Waals surface area contributed by atoms with Gasteiger partial charge in [0, 0.05) is 19.3 Å². The van der Waals surface area contributed by atoms with Crippen LogP contribution in [0.3, 0.4) is 0 Å². The molecule has 0 radical (unpaired) electrons.